The summed E-state index contributed by atoms with van der Waals surface area (Å²) < 4.78 is 0. The first-order valence-electron chi connectivity index (χ1n) is 8.04. The first-order chi connectivity index (χ1) is 10.4. The second-order valence-electron chi connectivity index (χ2n) is 5.87. The van der Waals surface area contributed by atoms with Gasteiger partial charge in [-0.1, -0.05) is 25.1 Å². The lowest BCUT2D eigenvalue weighted by atomic mass is 9.97. The molecule has 1 saturated heterocycles. The van der Waals surface area contributed by atoms with Gasteiger partial charge < -0.3 is 10.2 Å². The van der Waals surface area contributed by atoms with E-state index in [1.165, 1.54) is 12.8 Å². The van der Waals surface area contributed by atoms with Gasteiger partial charge in [0.25, 0.3) is 0 Å². The fourth-order valence-corrected chi connectivity index (χ4v) is 3.03. The summed E-state index contributed by atoms with van der Waals surface area (Å²) in [6.07, 6.45) is 5.59. The van der Waals surface area contributed by atoms with E-state index in [0.29, 0.717) is 0 Å². The zero-order valence-electron chi connectivity index (χ0n) is 12.8. The van der Waals surface area contributed by atoms with E-state index < -0.39 is 0 Å². The second kappa shape index (κ2) is 6.85. The molecule has 0 unspecified atom stereocenters. The molecule has 3 rings (SSSR count). The van der Waals surface area contributed by atoms with E-state index in [1.54, 1.807) is 0 Å². The third-order valence-electron chi connectivity index (χ3n) is 4.19. The Hall–Kier alpha value is -1.68. The van der Waals surface area contributed by atoms with E-state index >= 15 is 0 Å². The first kappa shape index (κ1) is 14.3. The van der Waals surface area contributed by atoms with E-state index in [-0.39, 0.29) is 0 Å². The van der Waals surface area contributed by atoms with Crippen molar-refractivity contribution in [3.05, 3.63) is 30.5 Å². The zero-order chi connectivity index (χ0) is 14.5. The molecular formula is C17H24N4. The minimum absolute atomic E-state index is 0.757. The molecule has 112 valence electrons. The number of nitrogens with one attached hydrogen (secondary N) is 1. The third-order valence-corrected chi connectivity index (χ3v) is 4.19. The van der Waals surface area contributed by atoms with Gasteiger partial charge in [-0.3, -0.25) is 0 Å². The second-order valence-corrected chi connectivity index (χ2v) is 5.87. The van der Waals surface area contributed by atoms with Gasteiger partial charge in [-0.05, 0) is 44.3 Å². The first-order valence-corrected chi connectivity index (χ1v) is 8.04. The normalized spacial score (nSPS) is 16.2. The molecule has 4 heteroatoms. The number of nitrogens with zero attached hydrogens (tertiary/aromatic N) is 3. The summed E-state index contributed by atoms with van der Waals surface area (Å²) in [5.41, 5.74) is 1.04. The minimum Gasteiger partial charge on any atom is -0.341 e. The van der Waals surface area contributed by atoms with E-state index in [0.717, 1.165) is 55.4 Å². The highest BCUT2D eigenvalue weighted by molar-refractivity contribution is 5.78. The SMILES string of the molecule is CCCN(CC1CCNCC1)c1ncc2ccccc2n1. The van der Waals surface area contributed by atoms with Gasteiger partial charge in [0.15, 0.2) is 0 Å². The Bertz CT molecular complexity index is 578. The summed E-state index contributed by atoms with van der Waals surface area (Å²) in [6.45, 7) is 6.61. The number of piperidine rings is 1. The Morgan fingerprint density at radius 2 is 2.05 bits per heavy atom. The Labute approximate surface area is 126 Å². The molecule has 0 radical (unpaired) electrons. The van der Waals surface area contributed by atoms with E-state index in [1.807, 2.05) is 18.3 Å². The zero-order valence-corrected chi connectivity index (χ0v) is 12.8. The monoisotopic (exact) mass is 284 g/mol. The van der Waals surface area contributed by atoms with Gasteiger partial charge in [0.05, 0.1) is 5.52 Å². The number of hydrogen-bond acceptors (Lipinski definition) is 4. The summed E-state index contributed by atoms with van der Waals surface area (Å²) >= 11 is 0. The van der Waals surface area contributed by atoms with Crippen LogP contribution in [0.4, 0.5) is 5.95 Å². The molecule has 1 aromatic heterocycles. The summed E-state index contributed by atoms with van der Waals surface area (Å²) in [5, 5.41) is 4.54. The fourth-order valence-electron chi connectivity index (χ4n) is 3.03. The van der Waals surface area contributed by atoms with Crippen molar-refractivity contribution in [2.45, 2.75) is 26.2 Å². The molecule has 0 aliphatic carbocycles. The number of anilines is 1. The summed E-state index contributed by atoms with van der Waals surface area (Å²) in [5.74, 6) is 1.64. The molecule has 1 aliphatic heterocycles. The largest absolute Gasteiger partial charge is 0.341 e. The number of para-hydroxylation sites is 1. The maximum Gasteiger partial charge on any atom is 0.225 e. The van der Waals surface area contributed by atoms with Crippen molar-refractivity contribution in [2.24, 2.45) is 5.92 Å². The van der Waals surface area contributed by atoms with Crippen LogP contribution in [0, 0.1) is 5.92 Å². The number of fused-ring (bicyclic) bond motifs is 1. The van der Waals surface area contributed by atoms with Crippen LogP contribution in [0.25, 0.3) is 10.9 Å². The summed E-state index contributed by atoms with van der Waals surface area (Å²) in [6, 6.07) is 8.20. The Morgan fingerprint density at radius 1 is 1.24 bits per heavy atom. The van der Waals surface area contributed by atoms with Gasteiger partial charge in [0, 0.05) is 24.7 Å². The molecular weight excluding hydrogens is 260 g/mol. The average Bonchev–Trinajstić information content (AvgIpc) is 2.55. The Balaban J connectivity index is 1.80. The smallest absolute Gasteiger partial charge is 0.225 e. The topological polar surface area (TPSA) is 41.0 Å². The quantitative estimate of drug-likeness (QED) is 0.916. The van der Waals surface area contributed by atoms with Crippen LogP contribution in [0.2, 0.25) is 0 Å². The molecule has 1 aromatic carbocycles. The number of rotatable bonds is 5. The molecule has 0 amide bonds. The fraction of sp³-hybridized carbons (Fsp3) is 0.529. The molecule has 1 aliphatic rings. The van der Waals surface area contributed by atoms with Crippen molar-refractivity contribution < 1.29 is 0 Å². The van der Waals surface area contributed by atoms with E-state index in [4.69, 9.17) is 4.98 Å². The number of hydrogen-bond donors (Lipinski definition) is 1. The lowest BCUT2D eigenvalue weighted by Crippen LogP contribution is -2.37. The van der Waals surface area contributed by atoms with Crippen molar-refractivity contribution in [2.75, 3.05) is 31.1 Å². The molecule has 2 aromatic rings. The highest BCUT2D eigenvalue weighted by atomic mass is 15.2. The predicted molar refractivity (Wildman–Crippen MR) is 87.6 cm³/mol. The molecule has 0 saturated carbocycles. The van der Waals surface area contributed by atoms with Crippen molar-refractivity contribution in [3.63, 3.8) is 0 Å². The van der Waals surface area contributed by atoms with E-state index in [2.05, 4.69) is 34.3 Å². The van der Waals surface area contributed by atoms with Gasteiger partial charge >= 0.3 is 0 Å². The van der Waals surface area contributed by atoms with Crippen molar-refractivity contribution in [1.29, 1.82) is 0 Å². The van der Waals surface area contributed by atoms with Gasteiger partial charge in [-0.15, -0.1) is 0 Å². The maximum absolute atomic E-state index is 4.76. The highest BCUT2D eigenvalue weighted by Gasteiger charge is 2.18. The maximum atomic E-state index is 4.76. The van der Waals surface area contributed by atoms with Crippen molar-refractivity contribution >= 4 is 16.9 Å². The Kier molecular flexibility index (Phi) is 4.65. The molecule has 4 nitrogen and oxygen atoms in total. The van der Waals surface area contributed by atoms with Crippen LogP contribution in [0.3, 0.4) is 0 Å². The third kappa shape index (κ3) is 3.50. The lowest BCUT2D eigenvalue weighted by Gasteiger charge is -2.30. The van der Waals surface area contributed by atoms with Gasteiger partial charge in [0.1, 0.15) is 0 Å². The van der Waals surface area contributed by atoms with Crippen LogP contribution in [0.15, 0.2) is 30.5 Å². The van der Waals surface area contributed by atoms with Crippen LogP contribution in [0.1, 0.15) is 26.2 Å². The number of aromatic nitrogens is 2. The van der Waals surface area contributed by atoms with Crippen LogP contribution in [-0.4, -0.2) is 36.1 Å². The number of benzene rings is 1. The molecule has 0 atom stereocenters. The lowest BCUT2D eigenvalue weighted by molar-refractivity contribution is 0.372. The van der Waals surface area contributed by atoms with Crippen LogP contribution in [0.5, 0.6) is 0 Å². The van der Waals surface area contributed by atoms with Crippen LogP contribution >= 0.6 is 0 Å². The molecule has 0 bridgehead atoms. The van der Waals surface area contributed by atoms with Gasteiger partial charge in [-0.25, -0.2) is 9.97 Å². The molecule has 1 N–H and O–H groups in total. The van der Waals surface area contributed by atoms with Crippen molar-refractivity contribution in [1.82, 2.24) is 15.3 Å². The van der Waals surface area contributed by atoms with Crippen LogP contribution in [-0.2, 0) is 0 Å². The van der Waals surface area contributed by atoms with Crippen LogP contribution < -0.4 is 10.2 Å². The average molecular weight is 284 g/mol. The van der Waals surface area contributed by atoms with Gasteiger partial charge in [0.2, 0.25) is 5.95 Å². The molecule has 1 fully saturated rings. The molecule has 21 heavy (non-hydrogen) atoms. The molecule has 0 spiro atoms. The molecule has 2 heterocycles. The summed E-state index contributed by atoms with van der Waals surface area (Å²) in [4.78, 5) is 11.7. The standard InChI is InChI=1S/C17H24N4/c1-2-11-21(13-14-7-9-18-10-8-14)17-19-12-15-5-3-4-6-16(15)20-17/h3-6,12,14,18H,2,7-11,13H2,1H3. The predicted octanol–water partition coefficient (Wildman–Crippen LogP) is 2.85. The summed E-state index contributed by atoms with van der Waals surface area (Å²) in [7, 11) is 0. The van der Waals surface area contributed by atoms with Gasteiger partial charge in [-0.2, -0.15) is 0 Å². The minimum atomic E-state index is 0.757. The Morgan fingerprint density at radius 3 is 2.86 bits per heavy atom. The highest BCUT2D eigenvalue weighted by Crippen LogP contribution is 2.19. The van der Waals surface area contributed by atoms with Crippen molar-refractivity contribution in [3.8, 4) is 0 Å². The van der Waals surface area contributed by atoms with E-state index in [9.17, 15) is 0 Å².